The third-order valence-electron chi connectivity index (χ3n) is 3.16. The molecule has 82 valence electrons. The Bertz CT molecular complexity index is 328. The highest BCUT2D eigenvalue weighted by molar-refractivity contribution is 6.30. The summed E-state index contributed by atoms with van der Waals surface area (Å²) in [7, 11) is 0. The van der Waals surface area contributed by atoms with E-state index in [1.807, 2.05) is 0 Å². The van der Waals surface area contributed by atoms with Gasteiger partial charge in [0.1, 0.15) is 6.10 Å². The summed E-state index contributed by atoms with van der Waals surface area (Å²) in [4.78, 5) is 0. The molecule has 1 atom stereocenters. The highest BCUT2D eigenvalue weighted by Crippen LogP contribution is 2.39. The molecule has 1 aromatic carbocycles. The Kier molecular flexibility index (Phi) is 3.01. The van der Waals surface area contributed by atoms with Crippen LogP contribution >= 0.6 is 11.6 Å². The van der Waals surface area contributed by atoms with Crippen LogP contribution in [0.25, 0.3) is 0 Å². The van der Waals surface area contributed by atoms with Crippen molar-refractivity contribution in [3.63, 3.8) is 0 Å². The molecule has 0 amide bonds. The lowest BCUT2D eigenvalue weighted by atomic mass is 9.90. The zero-order valence-corrected chi connectivity index (χ0v) is 9.24. The number of halogens is 1. The molecule has 1 aliphatic rings. The maximum atomic E-state index is 10.2. The molecule has 2 rings (SSSR count). The molecule has 2 N–H and O–H groups in total. The maximum absolute atomic E-state index is 10.2. The van der Waals surface area contributed by atoms with Crippen LogP contribution in [0.2, 0.25) is 5.02 Å². The van der Waals surface area contributed by atoms with Crippen LogP contribution in [0.5, 0.6) is 0 Å². The zero-order chi connectivity index (χ0) is 10.9. The molecule has 15 heavy (non-hydrogen) atoms. The first-order valence-electron chi connectivity index (χ1n) is 5.28. The van der Waals surface area contributed by atoms with Crippen LogP contribution in [-0.2, 0) is 0 Å². The quantitative estimate of drug-likeness (QED) is 0.814. The number of benzene rings is 1. The van der Waals surface area contributed by atoms with E-state index in [-0.39, 0.29) is 0 Å². The Balaban J connectivity index is 2.19. The largest absolute Gasteiger partial charge is 0.387 e. The molecule has 1 unspecified atom stereocenters. The summed E-state index contributed by atoms with van der Waals surface area (Å²) in [5.41, 5.74) is -0.197. The minimum absolute atomic E-state index is 0.643. The summed E-state index contributed by atoms with van der Waals surface area (Å²) in [6.07, 6.45) is 2.54. The van der Waals surface area contributed by atoms with Gasteiger partial charge in [-0.05, 0) is 30.5 Å². The van der Waals surface area contributed by atoms with Crippen LogP contribution in [0, 0.1) is 0 Å². The monoisotopic (exact) mass is 226 g/mol. The molecule has 1 fully saturated rings. The van der Waals surface area contributed by atoms with Crippen LogP contribution in [-0.4, -0.2) is 15.8 Å². The fourth-order valence-electron chi connectivity index (χ4n) is 2.22. The molecule has 0 aromatic heterocycles. The molecule has 0 bridgehead atoms. The molecular weight excluding hydrogens is 212 g/mol. The van der Waals surface area contributed by atoms with Gasteiger partial charge in [-0.1, -0.05) is 36.6 Å². The molecule has 1 aromatic rings. The topological polar surface area (TPSA) is 40.5 Å². The first-order valence-corrected chi connectivity index (χ1v) is 5.65. The van der Waals surface area contributed by atoms with Crippen molar-refractivity contribution in [3.8, 4) is 0 Å². The van der Waals surface area contributed by atoms with E-state index in [1.165, 1.54) is 0 Å². The Morgan fingerprint density at radius 2 is 1.67 bits per heavy atom. The smallest absolute Gasteiger partial charge is 0.108 e. The van der Waals surface area contributed by atoms with Crippen LogP contribution in [0.1, 0.15) is 37.4 Å². The lowest BCUT2D eigenvalue weighted by Crippen LogP contribution is -2.32. The second-order valence-electron chi connectivity index (χ2n) is 4.26. The van der Waals surface area contributed by atoms with E-state index in [2.05, 4.69) is 0 Å². The Labute approximate surface area is 94.5 Å². The van der Waals surface area contributed by atoms with Crippen LogP contribution < -0.4 is 0 Å². The van der Waals surface area contributed by atoms with E-state index in [0.29, 0.717) is 17.9 Å². The lowest BCUT2D eigenvalue weighted by molar-refractivity contribution is -0.0719. The third kappa shape index (κ3) is 2.17. The van der Waals surface area contributed by atoms with Gasteiger partial charge in [-0.25, -0.2) is 0 Å². The van der Waals surface area contributed by atoms with E-state index in [4.69, 9.17) is 11.6 Å². The van der Waals surface area contributed by atoms with E-state index in [1.54, 1.807) is 24.3 Å². The summed E-state index contributed by atoms with van der Waals surface area (Å²) >= 11 is 5.77. The third-order valence-corrected chi connectivity index (χ3v) is 3.42. The molecule has 0 aliphatic heterocycles. The number of hydrogen-bond donors (Lipinski definition) is 2. The molecular formula is C12H15ClO2. The van der Waals surface area contributed by atoms with Crippen LogP contribution in [0.15, 0.2) is 24.3 Å². The van der Waals surface area contributed by atoms with Gasteiger partial charge in [-0.3, -0.25) is 0 Å². The van der Waals surface area contributed by atoms with Crippen molar-refractivity contribution in [1.82, 2.24) is 0 Å². The number of aliphatic hydroxyl groups excluding tert-OH is 1. The standard InChI is InChI=1S/C12H15ClO2/c13-10-5-3-9(4-6-10)11(14)12(15)7-1-2-8-12/h3-6,11,14-15H,1-2,7-8H2. The van der Waals surface area contributed by atoms with Crippen molar-refractivity contribution < 1.29 is 10.2 Å². The van der Waals surface area contributed by atoms with E-state index < -0.39 is 11.7 Å². The summed E-state index contributed by atoms with van der Waals surface area (Å²) in [6.45, 7) is 0. The second kappa shape index (κ2) is 4.12. The van der Waals surface area contributed by atoms with Crippen LogP contribution in [0.3, 0.4) is 0 Å². The first kappa shape index (κ1) is 10.9. The summed E-state index contributed by atoms with van der Waals surface area (Å²) in [5.74, 6) is 0. The summed E-state index contributed by atoms with van der Waals surface area (Å²) < 4.78 is 0. The Hall–Kier alpha value is -0.570. The van der Waals surface area contributed by atoms with Gasteiger partial charge >= 0.3 is 0 Å². The fourth-order valence-corrected chi connectivity index (χ4v) is 2.34. The van der Waals surface area contributed by atoms with Gasteiger partial charge < -0.3 is 10.2 Å². The van der Waals surface area contributed by atoms with Gasteiger partial charge in [0.15, 0.2) is 0 Å². The number of aliphatic hydroxyl groups is 2. The SMILES string of the molecule is OC(c1ccc(Cl)cc1)C1(O)CCCC1. The maximum Gasteiger partial charge on any atom is 0.108 e. The van der Waals surface area contributed by atoms with E-state index >= 15 is 0 Å². The van der Waals surface area contributed by atoms with E-state index in [9.17, 15) is 10.2 Å². The molecule has 0 heterocycles. The highest BCUT2D eigenvalue weighted by Gasteiger charge is 2.39. The predicted octanol–water partition coefficient (Wildman–Crippen LogP) is 2.68. The minimum atomic E-state index is -0.937. The second-order valence-corrected chi connectivity index (χ2v) is 4.70. The summed E-state index contributed by atoms with van der Waals surface area (Å²) in [6, 6.07) is 7.00. The Morgan fingerprint density at radius 3 is 2.20 bits per heavy atom. The van der Waals surface area contributed by atoms with Crippen molar-refractivity contribution in [3.05, 3.63) is 34.9 Å². The lowest BCUT2D eigenvalue weighted by Gasteiger charge is -2.28. The van der Waals surface area contributed by atoms with Gasteiger partial charge in [0.2, 0.25) is 0 Å². The molecule has 0 saturated heterocycles. The van der Waals surface area contributed by atoms with Crippen molar-refractivity contribution in [1.29, 1.82) is 0 Å². The van der Waals surface area contributed by atoms with Crippen molar-refractivity contribution in [2.75, 3.05) is 0 Å². The van der Waals surface area contributed by atoms with Gasteiger partial charge in [-0.15, -0.1) is 0 Å². The molecule has 0 spiro atoms. The highest BCUT2D eigenvalue weighted by atomic mass is 35.5. The van der Waals surface area contributed by atoms with Crippen molar-refractivity contribution in [2.24, 2.45) is 0 Å². The average molecular weight is 227 g/mol. The van der Waals surface area contributed by atoms with Crippen molar-refractivity contribution >= 4 is 11.6 Å². The summed E-state index contributed by atoms with van der Waals surface area (Å²) in [5, 5.41) is 20.9. The molecule has 0 radical (unpaired) electrons. The molecule has 2 nitrogen and oxygen atoms in total. The normalized spacial score (nSPS) is 21.5. The molecule has 1 aliphatic carbocycles. The molecule has 3 heteroatoms. The van der Waals surface area contributed by atoms with Gasteiger partial charge in [0.25, 0.3) is 0 Å². The van der Waals surface area contributed by atoms with Crippen molar-refractivity contribution in [2.45, 2.75) is 37.4 Å². The Morgan fingerprint density at radius 1 is 1.13 bits per heavy atom. The zero-order valence-electron chi connectivity index (χ0n) is 8.49. The van der Waals surface area contributed by atoms with E-state index in [0.717, 1.165) is 18.4 Å². The van der Waals surface area contributed by atoms with Crippen LogP contribution in [0.4, 0.5) is 0 Å². The molecule has 1 saturated carbocycles. The predicted molar refractivity (Wildman–Crippen MR) is 59.8 cm³/mol. The number of rotatable bonds is 2. The first-order chi connectivity index (χ1) is 7.12. The van der Waals surface area contributed by atoms with Gasteiger partial charge in [-0.2, -0.15) is 0 Å². The number of hydrogen-bond acceptors (Lipinski definition) is 2. The minimum Gasteiger partial charge on any atom is -0.387 e. The fraction of sp³-hybridized carbons (Fsp3) is 0.500. The average Bonchev–Trinajstić information content (AvgIpc) is 2.67. The van der Waals surface area contributed by atoms with Gasteiger partial charge in [0.05, 0.1) is 5.60 Å². The van der Waals surface area contributed by atoms with Gasteiger partial charge in [0, 0.05) is 5.02 Å².